The average molecular weight is 436 g/mol. The van der Waals surface area contributed by atoms with Crippen LogP contribution in [0.25, 0.3) is 16.9 Å². The maximum Gasteiger partial charge on any atom is 0.433 e. The van der Waals surface area contributed by atoms with E-state index >= 15 is 0 Å². The molecule has 1 fully saturated rings. The van der Waals surface area contributed by atoms with E-state index in [1.54, 1.807) is 0 Å². The topological polar surface area (TPSA) is 59.7 Å². The van der Waals surface area contributed by atoms with E-state index in [4.69, 9.17) is 4.74 Å². The molecule has 0 bridgehead atoms. The molecule has 1 atom stereocenters. The minimum absolute atomic E-state index is 0.0525. The summed E-state index contributed by atoms with van der Waals surface area (Å²) in [5, 5.41) is 3.73. The number of rotatable bonds is 4. The molecule has 1 saturated heterocycles. The summed E-state index contributed by atoms with van der Waals surface area (Å²) in [6.07, 6.45) is -1.80. The van der Waals surface area contributed by atoms with Gasteiger partial charge >= 0.3 is 12.1 Å². The van der Waals surface area contributed by atoms with Crippen molar-refractivity contribution in [1.29, 1.82) is 0 Å². The molecular formula is C21H20F4N4O2. The van der Waals surface area contributed by atoms with Crippen molar-refractivity contribution in [3.05, 3.63) is 53.6 Å². The minimum atomic E-state index is -4.74. The molecule has 1 aromatic carbocycles. The van der Waals surface area contributed by atoms with E-state index < -0.39 is 23.7 Å². The largest absolute Gasteiger partial charge is 0.462 e. The third kappa shape index (κ3) is 4.53. The monoisotopic (exact) mass is 436 g/mol. The second kappa shape index (κ2) is 8.26. The molecule has 0 unspecified atom stereocenters. The first-order valence-corrected chi connectivity index (χ1v) is 9.80. The second-order valence-electron chi connectivity index (χ2n) is 7.69. The van der Waals surface area contributed by atoms with Crippen molar-refractivity contribution in [3.8, 4) is 11.3 Å². The number of nitrogens with zero attached hydrogens (tertiary/aromatic N) is 4. The highest BCUT2D eigenvalue weighted by atomic mass is 19.4. The lowest BCUT2D eigenvalue weighted by molar-refractivity contribution is -0.142. The Kier molecular flexibility index (Phi) is 5.65. The van der Waals surface area contributed by atoms with Gasteiger partial charge in [-0.05, 0) is 56.8 Å². The normalized spacial score (nSPS) is 17.8. The number of ether oxygens (including phenoxy) is 1. The molecule has 0 amide bonds. The summed E-state index contributed by atoms with van der Waals surface area (Å²) in [5.74, 6) is -1.14. The zero-order valence-corrected chi connectivity index (χ0v) is 16.7. The Bertz CT molecular complexity index is 1100. The number of alkyl halides is 3. The lowest BCUT2D eigenvalue weighted by Gasteiger charge is -2.29. The Morgan fingerprint density at radius 1 is 1.26 bits per heavy atom. The Balaban J connectivity index is 1.68. The molecule has 0 spiro atoms. The summed E-state index contributed by atoms with van der Waals surface area (Å²) in [5.41, 5.74) is -1.29. The van der Waals surface area contributed by atoms with Gasteiger partial charge in [0.1, 0.15) is 11.4 Å². The molecule has 1 aliphatic rings. The predicted molar refractivity (Wildman–Crippen MR) is 104 cm³/mol. The zero-order valence-electron chi connectivity index (χ0n) is 16.7. The van der Waals surface area contributed by atoms with Crippen LogP contribution in [-0.2, 0) is 10.9 Å². The maximum absolute atomic E-state index is 13.6. The number of hydrogen-bond donors (Lipinski definition) is 0. The van der Waals surface area contributed by atoms with Crippen LogP contribution in [0.1, 0.15) is 28.9 Å². The van der Waals surface area contributed by atoms with Gasteiger partial charge in [0, 0.05) is 18.0 Å². The third-order valence-corrected chi connectivity index (χ3v) is 5.29. The second-order valence-corrected chi connectivity index (χ2v) is 7.69. The van der Waals surface area contributed by atoms with E-state index in [1.807, 2.05) is 7.05 Å². The zero-order chi connectivity index (χ0) is 22.2. The average Bonchev–Trinajstić information content (AvgIpc) is 3.15. The molecule has 1 aliphatic heterocycles. The van der Waals surface area contributed by atoms with E-state index in [-0.39, 0.29) is 35.0 Å². The SMILES string of the molecule is CN1CCC[C@H](COC(=O)c2cnn3c(C(F)(F)F)cc(-c4ccc(F)cc4)nc23)C1. The number of hydrogen-bond acceptors (Lipinski definition) is 5. The molecule has 164 valence electrons. The van der Waals surface area contributed by atoms with Gasteiger partial charge in [-0.3, -0.25) is 0 Å². The number of piperidine rings is 1. The Morgan fingerprint density at radius 3 is 2.68 bits per heavy atom. The first kappa shape index (κ1) is 21.2. The number of aromatic nitrogens is 3. The van der Waals surface area contributed by atoms with E-state index in [0.29, 0.717) is 4.52 Å². The summed E-state index contributed by atoms with van der Waals surface area (Å²) < 4.78 is 60.1. The van der Waals surface area contributed by atoms with Gasteiger partial charge in [0.15, 0.2) is 11.3 Å². The van der Waals surface area contributed by atoms with E-state index in [1.165, 1.54) is 12.1 Å². The molecule has 6 nitrogen and oxygen atoms in total. The van der Waals surface area contributed by atoms with Crippen molar-refractivity contribution in [1.82, 2.24) is 19.5 Å². The molecule has 3 heterocycles. The fourth-order valence-corrected chi connectivity index (χ4v) is 3.76. The fraction of sp³-hybridized carbons (Fsp3) is 0.381. The predicted octanol–water partition coefficient (Wildman–Crippen LogP) is 4.05. The van der Waals surface area contributed by atoms with Crippen LogP contribution in [0.3, 0.4) is 0 Å². The van der Waals surface area contributed by atoms with Gasteiger partial charge in [-0.2, -0.15) is 18.3 Å². The fourth-order valence-electron chi connectivity index (χ4n) is 3.76. The van der Waals surface area contributed by atoms with Crippen LogP contribution in [0.2, 0.25) is 0 Å². The number of likely N-dealkylation sites (tertiary alicyclic amines) is 1. The van der Waals surface area contributed by atoms with Crippen LogP contribution >= 0.6 is 0 Å². The molecule has 0 saturated carbocycles. The molecular weight excluding hydrogens is 416 g/mol. The van der Waals surface area contributed by atoms with Gasteiger partial charge in [-0.1, -0.05) is 0 Å². The Hall–Kier alpha value is -3.01. The van der Waals surface area contributed by atoms with E-state index in [9.17, 15) is 22.4 Å². The van der Waals surface area contributed by atoms with Crippen molar-refractivity contribution in [2.45, 2.75) is 19.0 Å². The number of benzene rings is 1. The third-order valence-electron chi connectivity index (χ3n) is 5.29. The number of carbonyl (C=O) groups excluding carboxylic acids is 1. The van der Waals surface area contributed by atoms with Crippen LogP contribution < -0.4 is 0 Å². The molecule has 10 heteroatoms. The first-order valence-electron chi connectivity index (χ1n) is 9.80. The van der Waals surface area contributed by atoms with Gasteiger partial charge < -0.3 is 9.64 Å². The molecule has 31 heavy (non-hydrogen) atoms. The molecule has 0 N–H and O–H groups in total. The van der Waals surface area contributed by atoms with Crippen molar-refractivity contribution in [2.24, 2.45) is 5.92 Å². The van der Waals surface area contributed by atoms with Crippen LogP contribution in [0.5, 0.6) is 0 Å². The smallest absolute Gasteiger partial charge is 0.433 e. The number of fused-ring (bicyclic) bond motifs is 1. The highest BCUT2D eigenvalue weighted by Crippen LogP contribution is 2.33. The molecule has 4 rings (SSSR count). The van der Waals surface area contributed by atoms with Gasteiger partial charge in [0.05, 0.1) is 18.5 Å². The van der Waals surface area contributed by atoms with E-state index in [0.717, 1.165) is 50.3 Å². The first-order chi connectivity index (χ1) is 14.7. The summed E-state index contributed by atoms with van der Waals surface area (Å²) >= 11 is 0. The molecule has 0 radical (unpaired) electrons. The van der Waals surface area contributed by atoms with Crippen molar-refractivity contribution >= 4 is 11.6 Å². The standard InChI is InChI=1S/C21H20F4N4O2/c1-28-8-2-3-13(11-28)12-31-20(30)16-10-26-29-18(21(23,24)25)9-17(27-19(16)29)14-4-6-15(22)7-5-14/h4-7,9-10,13H,2-3,8,11-12H2,1H3/t13-/m0/s1. The van der Waals surface area contributed by atoms with Gasteiger partial charge in [-0.15, -0.1) is 0 Å². The summed E-state index contributed by atoms with van der Waals surface area (Å²) in [4.78, 5) is 19.0. The summed E-state index contributed by atoms with van der Waals surface area (Å²) in [6, 6.07) is 5.72. The van der Waals surface area contributed by atoms with Gasteiger partial charge in [0.25, 0.3) is 0 Å². The Labute approximate surface area is 175 Å². The minimum Gasteiger partial charge on any atom is -0.462 e. The summed E-state index contributed by atoms with van der Waals surface area (Å²) in [7, 11) is 1.98. The lowest BCUT2D eigenvalue weighted by Crippen LogP contribution is -2.34. The quantitative estimate of drug-likeness (QED) is 0.456. The maximum atomic E-state index is 13.6. The van der Waals surface area contributed by atoms with Crippen molar-refractivity contribution < 1.29 is 27.1 Å². The van der Waals surface area contributed by atoms with Gasteiger partial charge in [0.2, 0.25) is 0 Å². The van der Waals surface area contributed by atoms with E-state index in [2.05, 4.69) is 15.0 Å². The van der Waals surface area contributed by atoms with Crippen molar-refractivity contribution in [3.63, 3.8) is 0 Å². The van der Waals surface area contributed by atoms with Crippen LogP contribution in [-0.4, -0.2) is 52.2 Å². The van der Waals surface area contributed by atoms with Crippen LogP contribution in [0.15, 0.2) is 36.5 Å². The van der Waals surface area contributed by atoms with Gasteiger partial charge in [-0.25, -0.2) is 18.7 Å². The molecule has 3 aromatic rings. The number of halogens is 4. The lowest BCUT2D eigenvalue weighted by atomic mass is 10.00. The highest BCUT2D eigenvalue weighted by molar-refractivity contribution is 5.96. The summed E-state index contributed by atoms with van der Waals surface area (Å²) in [6.45, 7) is 1.94. The highest BCUT2D eigenvalue weighted by Gasteiger charge is 2.36. The number of esters is 1. The number of carbonyl (C=O) groups is 1. The van der Waals surface area contributed by atoms with Crippen LogP contribution in [0, 0.1) is 11.7 Å². The Morgan fingerprint density at radius 2 is 2.00 bits per heavy atom. The van der Waals surface area contributed by atoms with Crippen LogP contribution in [0.4, 0.5) is 17.6 Å². The molecule has 0 aliphatic carbocycles. The van der Waals surface area contributed by atoms with Crippen molar-refractivity contribution in [2.75, 3.05) is 26.7 Å². The molecule has 2 aromatic heterocycles.